The molecule has 0 saturated carbocycles. The number of hydrogen-bond donors (Lipinski definition) is 1. The second-order valence-electron chi connectivity index (χ2n) is 3.98. The van der Waals surface area contributed by atoms with Crippen LogP contribution >= 0.6 is 38.9 Å². The van der Waals surface area contributed by atoms with Gasteiger partial charge < -0.3 is 9.64 Å². The first-order chi connectivity index (χ1) is 8.45. The van der Waals surface area contributed by atoms with E-state index in [0.29, 0.717) is 10.9 Å². The van der Waals surface area contributed by atoms with Crippen molar-refractivity contribution in [3.63, 3.8) is 0 Å². The fraction of sp³-hybridized carbons (Fsp3) is 0.545. The van der Waals surface area contributed by atoms with Crippen molar-refractivity contribution in [1.29, 1.82) is 0 Å². The number of carbonyl (C=O) groups excluding carboxylic acids is 1. The third kappa shape index (κ3) is 4.51. The van der Waals surface area contributed by atoms with E-state index >= 15 is 0 Å². The molecule has 0 aliphatic rings. The van der Waals surface area contributed by atoms with Crippen LogP contribution in [0.15, 0.2) is 10.5 Å². The summed E-state index contributed by atoms with van der Waals surface area (Å²) < 4.78 is 6.24. The fourth-order valence-corrected chi connectivity index (χ4v) is 3.16. The van der Waals surface area contributed by atoms with Gasteiger partial charge in [0.2, 0.25) is 0 Å². The lowest BCUT2D eigenvalue weighted by molar-refractivity contribution is -0.143. The van der Waals surface area contributed by atoms with E-state index in [-0.39, 0.29) is 5.97 Å². The van der Waals surface area contributed by atoms with E-state index in [1.807, 2.05) is 25.1 Å². The molecule has 1 heterocycles. The second-order valence-corrected chi connectivity index (χ2v) is 6.52. The maximum Gasteiger partial charge on any atom is 0.328 e. The normalized spacial score (nSPS) is 12.8. The average molecular weight is 356 g/mol. The molecule has 1 N–H and O–H groups in total. The van der Waals surface area contributed by atoms with Crippen molar-refractivity contribution < 1.29 is 9.53 Å². The molecule has 0 fully saturated rings. The van der Waals surface area contributed by atoms with Crippen molar-refractivity contribution in [2.75, 3.05) is 34.3 Å². The monoisotopic (exact) mass is 354 g/mol. The van der Waals surface area contributed by atoms with Gasteiger partial charge in [-0.2, -0.15) is 0 Å². The summed E-state index contributed by atoms with van der Waals surface area (Å²) in [5.74, 6) is -0.306. The Labute approximate surface area is 124 Å². The van der Waals surface area contributed by atoms with E-state index < -0.39 is 6.04 Å². The summed E-state index contributed by atoms with van der Waals surface area (Å²) in [4.78, 5) is 14.6. The van der Waals surface area contributed by atoms with Crippen molar-refractivity contribution in [3.05, 3.63) is 19.8 Å². The summed E-state index contributed by atoms with van der Waals surface area (Å²) in [6.45, 7) is 1.54. The van der Waals surface area contributed by atoms with Crippen LogP contribution in [0.3, 0.4) is 0 Å². The topological polar surface area (TPSA) is 41.6 Å². The molecule has 0 spiro atoms. The Kier molecular flexibility index (Phi) is 6.59. The van der Waals surface area contributed by atoms with Gasteiger partial charge >= 0.3 is 5.97 Å². The number of likely N-dealkylation sites (N-methyl/N-ethyl adjacent to an activating group) is 1. The molecule has 0 aromatic carbocycles. The minimum atomic E-state index is -0.469. The first kappa shape index (κ1) is 15.9. The summed E-state index contributed by atoms with van der Waals surface area (Å²) in [7, 11) is 5.34. The van der Waals surface area contributed by atoms with Crippen LogP contribution in [-0.4, -0.2) is 45.2 Å². The van der Waals surface area contributed by atoms with Crippen LogP contribution < -0.4 is 5.32 Å². The molecular formula is C11H16BrClN2O2S. The van der Waals surface area contributed by atoms with Gasteiger partial charge in [0, 0.05) is 22.4 Å². The quantitative estimate of drug-likeness (QED) is 0.796. The summed E-state index contributed by atoms with van der Waals surface area (Å²) in [5, 5.41) is 3.17. The highest BCUT2D eigenvalue weighted by Crippen LogP contribution is 2.35. The molecule has 1 aromatic heterocycles. The lowest BCUT2D eigenvalue weighted by atomic mass is 10.2. The zero-order valence-corrected chi connectivity index (χ0v) is 13.7. The lowest BCUT2D eigenvalue weighted by Crippen LogP contribution is -2.34. The van der Waals surface area contributed by atoms with Crippen molar-refractivity contribution >= 4 is 44.8 Å². The highest BCUT2D eigenvalue weighted by molar-refractivity contribution is 9.10. The van der Waals surface area contributed by atoms with Gasteiger partial charge in [-0.05, 0) is 36.1 Å². The summed E-state index contributed by atoms with van der Waals surface area (Å²) in [6.07, 6.45) is 0. The van der Waals surface area contributed by atoms with Crippen LogP contribution in [0.25, 0.3) is 0 Å². The molecule has 1 aromatic rings. The summed E-state index contributed by atoms with van der Waals surface area (Å²) in [6, 6.07) is 1.38. The van der Waals surface area contributed by atoms with E-state index in [9.17, 15) is 4.79 Å². The third-order valence-electron chi connectivity index (χ3n) is 2.29. The van der Waals surface area contributed by atoms with Gasteiger partial charge in [-0.15, -0.1) is 11.3 Å². The van der Waals surface area contributed by atoms with Gasteiger partial charge in [0.05, 0.1) is 7.11 Å². The highest BCUT2D eigenvalue weighted by Gasteiger charge is 2.23. The number of nitrogens with one attached hydrogen (secondary N) is 1. The number of esters is 1. The van der Waals surface area contributed by atoms with Crippen LogP contribution in [0.1, 0.15) is 10.9 Å². The minimum absolute atomic E-state index is 0.306. The molecule has 102 valence electrons. The van der Waals surface area contributed by atoms with Gasteiger partial charge in [0.15, 0.2) is 0 Å². The van der Waals surface area contributed by atoms with Crippen LogP contribution in [0, 0.1) is 0 Å². The lowest BCUT2D eigenvalue weighted by Gasteiger charge is -2.16. The molecular weight excluding hydrogens is 340 g/mol. The Bertz CT molecular complexity index is 392. The number of ether oxygens (including phenoxy) is 1. The molecule has 0 aliphatic carbocycles. The molecule has 7 heteroatoms. The summed E-state index contributed by atoms with van der Waals surface area (Å²) in [5.41, 5.74) is 0. The Morgan fingerprint density at radius 3 is 2.78 bits per heavy atom. The van der Waals surface area contributed by atoms with E-state index in [0.717, 1.165) is 15.9 Å². The molecule has 0 saturated heterocycles. The number of methoxy groups -OCH3 is 1. The first-order valence-electron chi connectivity index (χ1n) is 5.36. The largest absolute Gasteiger partial charge is 0.468 e. The number of halogens is 2. The molecule has 18 heavy (non-hydrogen) atoms. The number of thiophene rings is 1. The van der Waals surface area contributed by atoms with Crippen LogP contribution in [-0.2, 0) is 9.53 Å². The Balaban J connectivity index is 2.75. The number of hydrogen-bond acceptors (Lipinski definition) is 5. The third-order valence-corrected chi connectivity index (χ3v) is 4.83. The van der Waals surface area contributed by atoms with Crippen molar-refractivity contribution in [3.8, 4) is 0 Å². The van der Waals surface area contributed by atoms with Crippen LogP contribution in [0.5, 0.6) is 0 Å². The average Bonchev–Trinajstić information content (AvgIpc) is 2.63. The molecule has 4 nitrogen and oxygen atoms in total. The van der Waals surface area contributed by atoms with Crippen LogP contribution in [0.2, 0.25) is 4.34 Å². The Morgan fingerprint density at radius 1 is 1.67 bits per heavy atom. The Hall–Kier alpha value is -0.140. The van der Waals surface area contributed by atoms with Gasteiger partial charge in [-0.25, -0.2) is 4.79 Å². The smallest absolute Gasteiger partial charge is 0.328 e. The maximum atomic E-state index is 11.8. The van der Waals surface area contributed by atoms with E-state index in [1.54, 1.807) is 0 Å². The molecule has 0 bridgehead atoms. The molecule has 0 radical (unpaired) electrons. The fourth-order valence-electron chi connectivity index (χ4n) is 1.36. The minimum Gasteiger partial charge on any atom is -0.468 e. The van der Waals surface area contributed by atoms with Gasteiger partial charge in [0.1, 0.15) is 10.4 Å². The molecule has 1 atom stereocenters. The number of nitrogens with zero attached hydrogens (tertiary/aromatic N) is 1. The van der Waals surface area contributed by atoms with E-state index in [4.69, 9.17) is 16.3 Å². The standard InChI is InChI=1S/C11H16BrClN2O2S/c1-15(2)5-4-14-9(11(16)17-3)8-6-7(12)10(13)18-8/h6,9,14H,4-5H2,1-3H3. The zero-order valence-electron chi connectivity index (χ0n) is 10.5. The summed E-state index contributed by atoms with van der Waals surface area (Å²) >= 11 is 10.7. The Morgan fingerprint density at radius 2 is 2.33 bits per heavy atom. The molecule has 1 rings (SSSR count). The highest BCUT2D eigenvalue weighted by atomic mass is 79.9. The van der Waals surface area contributed by atoms with Crippen molar-refractivity contribution in [2.24, 2.45) is 0 Å². The van der Waals surface area contributed by atoms with Gasteiger partial charge in [0.25, 0.3) is 0 Å². The zero-order chi connectivity index (χ0) is 13.7. The van der Waals surface area contributed by atoms with Gasteiger partial charge in [-0.3, -0.25) is 5.32 Å². The second kappa shape index (κ2) is 7.45. The first-order valence-corrected chi connectivity index (χ1v) is 7.35. The van der Waals surface area contributed by atoms with Crippen LogP contribution in [0.4, 0.5) is 0 Å². The predicted molar refractivity (Wildman–Crippen MR) is 78.3 cm³/mol. The van der Waals surface area contributed by atoms with Crippen molar-refractivity contribution in [1.82, 2.24) is 10.2 Å². The van der Waals surface area contributed by atoms with Crippen molar-refractivity contribution in [2.45, 2.75) is 6.04 Å². The molecule has 1 unspecified atom stereocenters. The van der Waals surface area contributed by atoms with E-state index in [1.165, 1.54) is 18.4 Å². The number of rotatable bonds is 6. The van der Waals surface area contributed by atoms with Gasteiger partial charge in [-0.1, -0.05) is 11.6 Å². The molecule has 0 aliphatic heterocycles. The molecule has 0 amide bonds. The van der Waals surface area contributed by atoms with E-state index in [2.05, 4.69) is 21.2 Å². The SMILES string of the molecule is COC(=O)C(NCCN(C)C)c1cc(Br)c(Cl)s1. The maximum absolute atomic E-state index is 11.8. The predicted octanol–water partition coefficient (Wildman–Crippen LogP) is 2.53. The number of carbonyl (C=O) groups is 1.